The van der Waals surface area contributed by atoms with Crippen LogP contribution in [0.5, 0.6) is 0 Å². The van der Waals surface area contributed by atoms with E-state index in [0.717, 1.165) is 11.3 Å². The van der Waals surface area contributed by atoms with Gasteiger partial charge >= 0.3 is 0 Å². The standard InChI is InChI=1S/C12H15BrN2O4S2/c1-21(18,19)12-8-20-5-4-14(12)7-9-2-3-10(13)11(6-9)15(16)17/h2-3,6,12H,4-5,7-8H2,1H3. The van der Waals surface area contributed by atoms with Crippen LogP contribution in [0.4, 0.5) is 5.69 Å². The zero-order chi connectivity index (χ0) is 15.6. The lowest BCUT2D eigenvalue weighted by Gasteiger charge is -2.33. The van der Waals surface area contributed by atoms with Gasteiger partial charge in [-0.05, 0) is 27.6 Å². The molecular weight excluding hydrogens is 380 g/mol. The molecule has 1 heterocycles. The van der Waals surface area contributed by atoms with Crippen molar-refractivity contribution in [1.29, 1.82) is 0 Å². The minimum absolute atomic E-state index is 0.00482. The normalized spacial score (nSPS) is 20.4. The Morgan fingerprint density at radius 3 is 2.86 bits per heavy atom. The van der Waals surface area contributed by atoms with Crippen molar-refractivity contribution in [3.8, 4) is 0 Å². The van der Waals surface area contributed by atoms with E-state index in [1.807, 2.05) is 4.90 Å². The van der Waals surface area contributed by atoms with Crippen molar-refractivity contribution in [3.63, 3.8) is 0 Å². The van der Waals surface area contributed by atoms with Crippen LogP contribution in [0.3, 0.4) is 0 Å². The Balaban J connectivity index is 2.24. The van der Waals surface area contributed by atoms with Gasteiger partial charge in [-0.25, -0.2) is 8.42 Å². The predicted molar refractivity (Wildman–Crippen MR) is 87.2 cm³/mol. The van der Waals surface area contributed by atoms with Crippen molar-refractivity contribution >= 4 is 43.2 Å². The molecule has 9 heteroatoms. The van der Waals surface area contributed by atoms with E-state index in [0.29, 0.717) is 23.3 Å². The summed E-state index contributed by atoms with van der Waals surface area (Å²) in [6.45, 7) is 1.05. The summed E-state index contributed by atoms with van der Waals surface area (Å²) in [4.78, 5) is 12.4. The molecule has 6 nitrogen and oxygen atoms in total. The number of sulfone groups is 1. The van der Waals surface area contributed by atoms with Crippen LogP contribution < -0.4 is 0 Å². The third kappa shape index (κ3) is 4.18. The lowest BCUT2D eigenvalue weighted by atomic mass is 10.2. The quantitative estimate of drug-likeness (QED) is 0.575. The van der Waals surface area contributed by atoms with Gasteiger partial charge in [0.05, 0.1) is 9.40 Å². The lowest BCUT2D eigenvalue weighted by molar-refractivity contribution is -0.385. The van der Waals surface area contributed by atoms with E-state index in [2.05, 4.69) is 15.9 Å². The summed E-state index contributed by atoms with van der Waals surface area (Å²) in [7, 11) is -3.17. The molecule has 21 heavy (non-hydrogen) atoms. The molecular formula is C12H15BrN2O4S2. The zero-order valence-corrected chi connectivity index (χ0v) is 14.6. The van der Waals surface area contributed by atoms with Gasteiger partial charge in [0.15, 0.2) is 9.84 Å². The van der Waals surface area contributed by atoms with Gasteiger partial charge in [-0.15, -0.1) is 0 Å². The first-order chi connectivity index (χ1) is 9.79. The van der Waals surface area contributed by atoms with Crippen LogP contribution in [0.25, 0.3) is 0 Å². The summed E-state index contributed by atoms with van der Waals surface area (Å²) in [6, 6.07) is 4.89. The van der Waals surface area contributed by atoms with E-state index < -0.39 is 20.1 Å². The Morgan fingerprint density at radius 1 is 1.52 bits per heavy atom. The molecule has 1 aromatic rings. The molecule has 1 aliphatic rings. The first-order valence-corrected chi connectivity index (χ1v) is 10.1. The molecule has 0 spiro atoms. The van der Waals surface area contributed by atoms with Crippen molar-refractivity contribution in [2.24, 2.45) is 0 Å². The summed E-state index contributed by atoms with van der Waals surface area (Å²) in [5.74, 6) is 1.40. The Kier molecular flexibility index (Phi) is 5.29. The largest absolute Gasteiger partial charge is 0.283 e. The Hall–Kier alpha value is -0.640. The fourth-order valence-electron chi connectivity index (χ4n) is 2.22. The number of hydrogen-bond acceptors (Lipinski definition) is 6. The second-order valence-electron chi connectivity index (χ2n) is 4.87. The summed E-state index contributed by atoms with van der Waals surface area (Å²) in [5, 5.41) is 10.4. The molecule has 0 radical (unpaired) electrons. The van der Waals surface area contributed by atoms with Gasteiger partial charge in [-0.3, -0.25) is 15.0 Å². The van der Waals surface area contributed by atoms with Crippen molar-refractivity contribution in [3.05, 3.63) is 38.3 Å². The number of halogens is 1. The highest BCUT2D eigenvalue weighted by Crippen LogP contribution is 2.28. The smallest absolute Gasteiger partial charge is 0.281 e. The monoisotopic (exact) mass is 394 g/mol. The number of thioether (sulfide) groups is 1. The first-order valence-electron chi connectivity index (χ1n) is 6.22. The van der Waals surface area contributed by atoms with Gasteiger partial charge in [-0.1, -0.05) is 6.07 Å². The summed E-state index contributed by atoms with van der Waals surface area (Å²) in [6.07, 6.45) is 1.24. The van der Waals surface area contributed by atoms with E-state index in [9.17, 15) is 18.5 Å². The number of rotatable bonds is 4. The summed E-state index contributed by atoms with van der Waals surface area (Å²) < 4.78 is 24.1. The average molecular weight is 395 g/mol. The molecule has 0 bridgehead atoms. The van der Waals surface area contributed by atoms with Gasteiger partial charge in [0.25, 0.3) is 5.69 Å². The van der Waals surface area contributed by atoms with Gasteiger partial charge < -0.3 is 0 Å². The second kappa shape index (κ2) is 6.64. The van der Waals surface area contributed by atoms with E-state index in [-0.39, 0.29) is 5.69 Å². The van der Waals surface area contributed by atoms with Crippen LogP contribution in [-0.2, 0) is 16.4 Å². The second-order valence-corrected chi connectivity index (χ2v) is 9.08. The van der Waals surface area contributed by atoms with Crippen LogP contribution in [0.15, 0.2) is 22.7 Å². The molecule has 0 aromatic heterocycles. The van der Waals surface area contributed by atoms with Crippen molar-refractivity contribution in [1.82, 2.24) is 4.90 Å². The molecule has 1 aliphatic heterocycles. The highest BCUT2D eigenvalue weighted by atomic mass is 79.9. The van der Waals surface area contributed by atoms with Crippen LogP contribution in [0.1, 0.15) is 5.56 Å². The Morgan fingerprint density at radius 2 is 2.24 bits per heavy atom. The summed E-state index contributed by atoms with van der Waals surface area (Å²) in [5.41, 5.74) is 0.736. The molecule has 1 fully saturated rings. The maximum absolute atomic E-state index is 11.8. The van der Waals surface area contributed by atoms with Crippen LogP contribution in [0.2, 0.25) is 0 Å². The Labute approximate surface area is 136 Å². The maximum Gasteiger partial charge on any atom is 0.283 e. The molecule has 0 saturated carbocycles. The third-order valence-electron chi connectivity index (χ3n) is 3.28. The van der Waals surface area contributed by atoms with Gasteiger partial charge in [-0.2, -0.15) is 11.8 Å². The van der Waals surface area contributed by atoms with E-state index >= 15 is 0 Å². The molecule has 1 saturated heterocycles. The number of benzene rings is 1. The van der Waals surface area contributed by atoms with Crippen molar-refractivity contribution < 1.29 is 13.3 Å². The van der Waals surface area contributed by atoms with Gasteiger partial charge in [0.1, 0.15) is 5.37 Å². The Bertz CT molecular complexity index is 651. The van der Waals surface area contributed by atoms with E-state index in [4.69, 9.17) is 0 Å². The topological polar surface area (TPSA) is 80.5 Å². The zero-order valence-electron chi connectivity index (χ0n) is 11.4. The molecule has 1 unspecified atom stereocenters. The van der Waals surface area contributed by atoms with Crippen LogP contribution >= 0.6 is 27.7 Å². The van der Waals surface area contributed by atoms with Gasteiger partial charge in [0, 0.05) is 36.9 Å². The number of nitro benzene ring substituents is 1. The molecule has 1 aromatic carbocycles. The number of nitro groups is 1. The summed E-state index contributed by atoms with van der Waals surface area (Å²) >= 11 is 4.76. The SMILES string of the molecule is CS(=O)(=O)C1CSCCN1Cc1ccc(Br)c([N+](=O)[O-])c1. The van der Waals surface area contributed by atoms with E-state index in [1.54, 1.807) is 23.9 Å². The van der Waals surface area contributed by atoms with Crippen molar-refractivity contribution in [2.75, 3.05) is 24.3 Å². The predicted octanol–water partition coefficient (Wildman–Crippen LogP) is 2.28. The highest BCUT2D eigenvalue weighted by Gasteiger charge is 2.31. The average Bonchev–Trinajstić information content (AvgIpc) is 2.40. The lowest BCUT2D eigenvalue weighted by Crippen LogP contribution is -2.46. The minimum atomic E-state index is -3.17. The maximum atomic E-state index is 11.8. The first kappa shape index (κ1) is 16.7. The fraction of sp³-hybridized carbons (Fsp3) is 0.500. The van der Waals surface area contributed by atoms with Crippen LogP contribution in [-0.4, -0.2) is 47.9 Å². The highest BCUT2D eigenvalue weighted by molar-refractivity contribution is 9.10. The fourth-order valence-corrected chi connectivity index (χ4v) is 5.55. The van der Waals surface area contributed by atoms with Gasteiger partial charge in [0.2, 0.25) is 0 Å². The number of hydrogen-bond donors (Lipinski definition) is 0. The molecule has 0 amide bonds. The van der Waals surface area contributed by atoms with Crippen LogP contribution in [0, 0.1) is 10.1 Å². The molecule has 116 valence electrons. The van der Waals surface area contributed by atoms with E-state index in [1.165, 1.54) is 12.3 Å². The molecule has 0 N–H and O–H groups in total. The number of nitrogens with zero attached hydrogens (tertiary/aromatic N) is 2. The molecule has 1 atom stereocenters. The third-order valence-corrected chi connectivity index (χ3v) is 6.64. The molecule has 2 rings (SSSR count). The minimum Gasteiger partial charge on any atom is -0.281 e. The molecule has 0 aliphatic carbocycles. The van der Waals surface area contributed by atoms with Crippen molar-refractivity contribution in [2.45, 2.75) is 11.9 Å².